The Balaban J connectivity index is 0.000000131. The van der Waals surface area contributed by atoms with Crippen LogP contribution in [0.15, 0.2) is 91.1 Å². The monoisotopic (exact) mass is 780 g/mol. The number of benzene rings is 4. The maximum Gasteiger partial charge on any atom is 0.0711 e. The van der Waals surface area contributed by atoms with E-state index >= 15 is 0 Å². The molecule has 0 bridgehead atoms. The Bertz CT molecular complexity index is 2410. The molecule has 0 fully saturated rings. The molecule has 4 aromatic carbocycles. The van der Waals surface area contributed by atoms with Gasteiger partial charge >= 0.3 is 0 Å². The fourth-order valence-electron chi connectivity index (χ4n) is 5.64. The first-order valence-corrected chi connectivity index (χ1v) is 19.0. The summed E-state index contributed by atoms with van der Waals surface area (Å²) >= 11 is 18.4. The van der Waals surface area contributed by atoms with Gasteiger partial charge in [-0.25, -0.2) is 0 Å². The smallest absolute Gasteiger partial charge is 0.0711 e. The number of fused-ring (bicyclic) bond motifs is 14. The van der Waals surface area contributed by atoms with Gasteiger partial charge in [-0.2, -0.15) is 0 Å². The van der Waals surface area contributed by atoms with E-state index in [1.54, 1.807) is 22.7 Å². The molecular weight excluding hydrogens is 761 g/mol. The van der Waals surface area contributed by atoms with Crippen LogP contribution < -0.4 is 0 Å². The molecule has 0 N–H and O–H groups in total. The van der Waals surface area contributed by atoms with E-state index in [0.717, 1.165) is 0 Å². The Kier molecular flexibility index (Phi) is 7.51. The Morgan fingerprint density at radius 3 is 1.12 bits per heavy atom. The molecule has 0 radical (unpaired) electrons. The van der Waals surface area contributed by atoms with Crippen LogP contribution in [0.3, 0.4) is 0 Å². The van der Waals surface area contributed by atoms with Gasteiger partial charge in [0.25, 0.3) is 0 Å². The zero-order chi connectivity index (χ0) is 26.5. The molecule has 6 heterocycles. The number of halogens is 2. The Hall–Kier alpha value is -1.88. The van der Waals surface area contributed by atoms with Gasteiger partial charge in [0.1, 0.15) is 0 Å². The van der Waals surface area contributed by atoms with E-state index in [1.165, 1.54) is 88.3 Å². The lowest BCUT2D eigenvalue weighted by atomic mass is 10.1. The first-order valence-electron chi connectivity index (χ1n) is 12.4. The van der Waals surface area contributed by atoms with E-state index in [9.17, 15) is 0 Å². The molecule has 0 aliphatic rings. The highest BCUT2D eigenvalue weighted by atomic mass is 79.9. The Labute approximate surface area is 283 Å². The summed E-state index contributed by atoms with van der Waals surface area (Å²) in [6, 6.07) is 27.1. The van der Waals surface area contributed by atoms with Gasteiger partial charge in [0.15, 0.2) is 0 Å². The van der Waals surface area contributed by atoms with Gasteiger partial charge < -0.3 is 0 Å². The average Bonchev–Trinajstić information content (AvgIpc) is 3.77. The van der Waals surface area contributed by atoms with Crippen LogP contribution in [0.5, 0.6) is 0 Å². The number of rotatable bonds is 0. The third kappa shape index (κ3) is 4.33. The minimum atomic E-state index is 0. The van der Waals surface area contributed by atoms with Gasteiger partial charge in [0.2, 0.25) is 0 Å². The summed E-state index contributed by atoms with van der Waals surface area (Å²) in [5, 5.41) is 15.5. The standard InChI is InChI=1S/C16H6Br2S3.C16H8S3.2CH4/c17-13-5-9-11(19-13)3-1-7-8-2-4-12-10(6-14(18)20-12)16(8)21-15(7)9;1-3-13-11(5-7-17-13)15-9(1)10-2-4-14-12(6-8-18-14)16(10)19-15;;/h1-6H;1-8H;2*1H4. The van der Waals surface area contributed by atoms with Crippen molar-refractivity contribution < 1.29 is 0 Å². The highest BCUT2D eigenvalue weighted by molar-refractivity contribution is 9.11. The largest absolute Gasteiger partial charge is 0.144 e. The number of thiophene rings is 6. The van der Waals surface area contributed by atoms with Crippen molar-refractivity contribution in [1.82, 2.24) is 0 Å². The van der Waals surface area contributed by atoms with Gasteiger partial charge in [-0.15, -0.1) is 68.0 Å². The zero-order valence-electron chi connectivity index (χ0n) is 20.3. The van der Waals surface area contributed by atoms with E-state index in [0.29, 0.717) is 0 Å². The molecule has 10 rings (SSSR count). The van der Waals surface area contributed by atoms with E-state index in [2.05, 4.69) is 115 Å². The summed E-state index contributed by atoms with van der Waals surface area (Å²) in [6.07, 6.45) is 0. The molecule has 0 nitrogen and oxygen atoms in total. The first-order chi connectivity index (χ1) is 19.6. The lowest BCUT2D eigenvalue weighted by Crippen LogP contribution is -1.67. The summed E-state index contributed by atoms with van der Waals surface area (Å²) in [5.41, 5.74) is 0. The zero-order valence-corrected chi connectivity index (χ0v) is 28.4. The quantitative estimate of drug-likeness (QED) is 0.144. The van der Waals surface area contributed by atoms with Crippen molar-refractivity contribution in [2.45, 2.75) is 14.9 Å². The van der Waals surface area contributed by atoms with Gasteiger partial charge in [-0.1, -0.05) is 39.1 Å². The van der Waals surface area contributed by atoms with Crippen LogP contribution in [0.2, 0.25) is 0 Å². The third-order valence-electron chi connectivity index (χ3n) is 7.40. The lowest BCUT2D eigenvalue weighted by Gasteiger charge is -1.93. The highest BCUT2D eigenvalue weighted by Crippen LogP contribution is 2.46. The topological polar surface area (TPSA) is 0 Å². The van der Waals surface area contributed by atoms with Crippen LogP contribution in [0, 0.1) is 0 Å². The van der Waals surface area contributed by atoms with Crippen LogP contribution in [-0.2, 0) is 0 Å². The fraction of sp³-hybridized carbons (Fsp3) is 0.0588. The van der Waals surface area contributed by atoms with Crippen LogP contribution in [0.4, 0.5) is 0 Å². The molecule has 0 saturated carbocycles. The van der Waals surface area contributed by atoms with Crippen molar-refractivity contribution in [2.75, 3.05) is 0 Å². The molecule has 10 aromatic rings. The average molecular weight is 783 g/mol. The predicted molar refractivity (Wildman–Crippen MR) is 209 cm³/mol. The van der Waals surface area contributed by atoms with Gasteiger partial charge in [0.05, 0.1) is 7.57 Å². The molecule has 0 atom stereocenters. The van der Waals surface area contributed by atoms with Crippen LogP contribution >= 0.6 is 99.9 Å². The first kappa shape index (κ1) is 28.9. The molecule has 0 aliphatic heterocycles. The minimum Gasteiger partial charge on any atom is -0.144 e. The Morgan fingerprint density at radius 2 is 0.714 bits per heavy atom. The summed E-state index contributed by atoms with van der Waals surface area (Å²) in [6.45, 7) is 0. The summed E-state index contributed by atoms with van der Waals surface area (Å²) in [5.74, 6) is 0. The van der Waals surface area contributed by atoms with Crippen molar-refractivity contribution in [3.8, 4) is 0 Å². The van der Waals surface area contributed by atoms with Crippen molar-refractivity contribution in [2.24, 2.45) is 0 Å². The van der Waals surface area contributed by atoms with Crippen molar-refractivity contribution in [3.05, 3.63) is 91.1 Å². The SMILES string of the molecule is Brc1cc2c(ccc3c4ccc5sc(Br)cc5c4sc23)s1.C.C.c1cc2c(ccc3c4ccc5sccc5c4sc23)s1. The maximum absolute atomic E-state index is 3.62. The van der Waals surface area contributed by atoms with Crippen molar-refractivity contribution in [3.63, 3.8) is 0 Å². The molecule has 0 saturated heterocycles. The summed E-state index contributed by atoms with van der Waals surface area (Å²) in [7, 11) is 0. The number of hydrogen-bond donors (Lipinski definition) is 0. The predicted octanol–water partition coefficient (Wildman–Crippen LogP) is 15.8. The molecule has 6 aromatic heterocycles. The van der Waals surface area contributed by atoms with Crippen LogP contribution in [0.25, 0.3) is 80.7 Å². The summed E-state index contributed by atoms with van der Waals surface area (Å²) < 4.78 is 13.6. The second kappa shape index (κ2) is 10.9. The second-order valence-corrected chi connectivity index (χ2v) is 18.4. The van der Waals surface area contributed by atoms with E-state index in [1.807, 2.05) is 45.3 Å². The van der Waals surface area contributed by atoms with E-state index < -0.39 is 0 Å². The fourth-order valence-corrected chi connectivity index (χ4v) is 13.3. The lowest BCUT2D eigenvalue weighted by molar-refractivity contribution is 1.99. The van der Waals surface area contributed by atoms with E-state index in [-0.39, 0.29) is 14.9 Å². The molecule has 8 heteroatoms. The molecule has 0 spiro atoms. The normalized spacial score (nSPS) is 11.7. The van der Waals surface area contributed by atoms with Crippen molar-refractivity contribution in [1.29, 1.82) is 0 Å². The molecule has 42 heavy (non-hydrogen) atoms. The minimum absolute atomic E-state index is 0. The third-order valence-corrected chi connectivity index (χ3v) is 14.9. The Morgan fingerprint density at radius 1 is 0.357 bits per heavy atom. The molecule has 0 aliphatic carbocycles. The molecule has 0 amide bonds. The van der Waals surface area contributed by atoms with Gasteiger partial charge in [-0.3, -0.25) is 0 Å². The second-order valence-electron chi connectivity index (χ2n) is 9.56. The molecule has 0 unspecified atom stereocenters. The highest BCUT2D eigenvalue weighted by Gasteiger charge is 2.14. The van der Waals surface area contributed by atoms with Crippen LogP contribution in [0.1, 0.15) is 14.9 Å². The van der Waals surface area contributed by atoms with Gasteiger partial charge in [0, 0.05) is 80.7 Å². The van der Waals surface area contributed by atoms with Gasteiger partial charge in [-0.05, 0) is 91.2 Å². The number of hydrogen-bond acceptors (Lipinski definition) is 6. The van der Waals surface area contributed by atoms with E-state index in [4.69, 9.17) is 0 Å². The molecular formula is C34H22Br2S6. The van der Waals surface area contributed by atoms with Crippen LogP contribution in [-0.4, -0.2) is 0 Å². The maximum atomic E-state index is 3.62. The van der Waals surface area contributed by atoms with Crippen molar-refractivity contribution >= 4 is 181 Å². The summed E-state index contributed by atoms with van der Waals surface area (Å²) in [4.78, 5) is 0. The molecule has 208 valence electrons.